The number of piperazine rings is 1. The smallest absolute Gasteiger partial charge is 0.296 e. The third kappa shape index (κ3) is 7.00. The summed E-state index contributed by atoms with van der Waals surface area (Å²) in [6.07, 6.45) is 1.99. The topological polar surface area (TPSA) is 88.1 Å². The van der Waals surface area contributed by atoms with Gasteiger partial charge in [-0.1, -0.05) is 19.8 Å². The van der Waals surface area contributed by atoms with Crippen molar-refractivity contribution in [2.75, 3.05) is 39.3 Å². The van der Waals surface area contributed by atoms with Crippen LogP contribution in [0.5, 0.6) is 5.75 Å². The number of benzene rings is 1. The SMILES string of the molecule is CCCCCOS(=O)(=O)c1ccc(OC(C)(C)C(O)CN2CCNCC2)cc1. The Morgan fingerprint density at radius 1 is 1.18 bits per heavy atom. The number of hydrogen-bond acceptors (Lipinski definition) is 7. The Bertz CT molecular complexity index is 685. The number of rotatable bonds is 11. The van der Waals surface area contributed by atoms with Gasteiger partial charge in [0.15, 0.2) is 0 Å². The number of unbranched alkanes of at least 4 members (excludes halogenated alkanes) is 2. The second-order valence-corrected chi connectivity index (χ2v) is 9.34. The lowest BCUT2D eigenvalue weighted by Gasteiger charge is -2.36. The summed E-state index contributed by atoms with van der Waals surface area (Å²) < 4.78 is 35.4. The molecular formula is C20H34N2O5S. The van der Waals surface area contributed by atoms with Crippen molar-refractivity contribution in [1.29, 1.82) is 0 Å². The van der Waals surface area contributed by atoms with Gasteiger partial charge in [-0.2, -0.15) is 8.42 Å². The highest BCUT2D eigenvalue weighted by atomic mass is 32.2. The number of β-amino-alcohol motifs (C(OH)–C–C–N with tert-alkyl or cyclic N) is 1. The molecule has 1 unspecified atom stereocenters. The van der Waals surface area contributed by atoms with Gasteiger partial charge in [-0.15, -0.1) is 0 Å². The lowest BCUT2D eigenvalue weighted by atomic mass is 10.0. The summed E-state index contributed by atoms with van der Waals surface area (Å²) in [6, 6.07) is 6.15. The van der Waals surface area contributed by atoms with Crippen LogP contribution in [0.3, 0.4) is 0 Å². The van der Waals surface area contributed by atoms with Gasteiger partial charge in [-0.25, -0.2) is 0 Å². The summed E-state index contributed by atoms with van der Waals surface area (Å²) in [7, 11) is -3.75. The van der Waals surface area contributed by atoms with E-state index in [1.165, 1.54) is 12.1 Å². The van der Waals surface area contributed by atoms with Crippen LogP contribution in [0.4, 0.5) is 0 Å². The van der Waals surface area contributed by atoms with E-state index in [1.54, 1.807) is 12.1 Å². The number of nitrogens with zero attached hydrogens (tertiary/aromatic N) is 1. The molecule has 8 heteroatoms. The van der Waals surface area contributed by atoms with Crippen molar-refractivity contribution in [3.8, 4) is 5.75 Å². The second kappa shape index (κ2) is 10.5. The number of aliphatic hydroxyl groups excluding tert-OH is 1. The molecule has 0 aromatic heterocycles. The normalized spacial score (nSPS) is 17.4. The molecule has 0 amide bonds. The van der Waals surface area contributed by atoms with Crippen LogP contribution in [0.15, 0.2) is 29.2 Å². The predicted octanol–water partition coefficient (Wildman–Crippen LogP) is 2.01. The molecule has 1 aromatic carbocycles. The van der Waals surface area contributed by atoms with Crippen molar-refractivity contribution in [2.24, 2.45) is 0 Å². The molecule has 1 aromatic rings. The highest BCUT2D eigenvalue weighted by Crippen LogP contribution is 2.24. The third-order valence-electron chi connectivity index (χ3n) is 4.92. The Hall–Kier alpha value is -1.19. The summed E-state index contributed by atoms with van der Waals surface area (Å²) in [5.41, 5.74) is -0.804. The molecule has 1 fully saturated rings. The molecule has 160 valence electrons. The van der Waals surface area contributed by atoms with Gasteiger partial charge in [0.25, 0.3) is 10.1 Å². The maximum Gasteiger partial charge on any atom is 0.296 e. The Kier molecular flexibility index (Phi) is 8.70. The largest absolute Gasteiger partial charge is 0.485 e. The summed E-state index contributed by atoms with van der Waals surface area (Å²) in [4.78, 5) is 2.31. The molecule has 0 bridgehead atoms. The molecule has 0 radical (unpaired) electrons. The first kappa shape index (κ1) is 23.1. The fraction of sp³-hybridized carbons (Fsp3) is 0.700. The third-order valence-corrected chi connectivity index (χ3v) is 6.25. The lowest BCUT2D eigenvalue weighted by Crippen LogP contribution is -2.52. The average molecular weight is 415 g/mol. The number of hydrogen-bond donors (Lipinski definition) is 2. The van der Waals surface area contributed by atoms with Crippen molar-refractivity contribution < 1.29 is 22.4 Å². The van der Waals surface area contributed by atoms with Crippen LogP contribution >= 0.6 is 0 Å². The zero-order chi connectivity index (χ0) is 20.6. The number of aliphatic hydroxyl groups is 1. The van der Waals surface area contributed by atoms with E-state index >= 15 is 0 Å². The van der Waals surface area contributed by atoms with E-state index < -0.39 is 21.8 Å². The van der Waals surface area contributed by atoms with Gasteiger partial charge in [0.2, 0.25) is 0 Å². The van der Waals surface area contributed by atoms with E-state index in [0.717, 1.165) is 45.4 Å². The molecule has 1 heterocycles. The van der Waals surface area contributed by atoms with Crippen LogP contribution in [-0.4, -0.2) is 69.5 Å². The molecule has 0 spiro atoms. The Morgan fingerprint density at radius 2 is 1.82 bits per heavy atom. The minimum atomic E-state index is -3.75. The number of nitrogens with one attached hydrogen (secondary N) is 1. The molecule has 1 aliphatic heterocycles. The van der Waals surface area contributed by atoms with E-state index in [0.29, 0.717) is 12.3 Å². The van der Waals surface area contributed by atoms with Crippen molar-refractivity contribution >= 4 is 10.1 Å². The van der Waals surface area contributed by atoms with Crippen molar-refractivity contribution in [3.05, 3.63) is 24.3 Å². The molecule has 0 saturated carbocycles. The molecule has 2 rings (SSSR count). The fourth-order valence-electron chi connectivity index (χ4n) is 2.99. The standard InChI is InChI=1S/C20H34N2O5S/c1-4-5-6-15-26-28(24,25)18-9-7-17(8-10-18)27-20(2,3)19(23)16-22-13-11-21-12-14-22/h7-10,19,21,23H,4-6,11-16H2,1-3H3. The Balaban J connectivity index is 1.92. The van der Waals surface area contributed by atoms with E-state index in [4.69, 9.17) is 8.92 Å². The van der Waals surface area contributed by atoms with Crippen LogP contribution in [-0.2, 0) is 14.3 Å². The summed E-state index contributed by atoms with van der Waals surface area (Å²) in [6.45, 7) is 10.1. The molecule has 1 atom stereocenters. The van der Waals surface area contributed by atoms with Crippen molar-refractivity contribution in [2.45, 2.75) is 56.6 Å². The minimum absolute atomic E-state index is 0.107. The van der Waals surface area contributed by atoms with Gasteiger partial charge in [-0.05, 0) is 44.5 Å². The van der Waals surface area contributed by atoms with Crippen molar-refractivity contribution in [1.82, 2.24) is 10.2 Å². The van der Waals surface area contributed by atoms with Gasteiger partial charge >= 0.3 is 0 Å². The minimum Gasteiger partial charge on any atom is -0.485 e. The first-order chi connectivity index (χ1) is 13.2. The van der Waals surface area contributed by atoms with Crippen LogP contribution in [0, 0.1) is 0 Å². The van der Waals surface area contributed by atoms with Crippen LogP contribution < -0.4 is 10.1 Å². The predicted molar refractivity (Wildman–Crippen MR) is 109 cm³/mol. The highest BCUT2D eigenvalue weighted by molar-refractivity contribution is 7.86. The maximum atomic E-state index is 12.2. The fourth-order valence-corrected chi connectivity index (χ4v) is 3.94. The van der Waals surface area contributed by atoms with E-state index in [-0.39, 0.29) is 11.5 Å². The summed E-state index contributed by atoms with van der Waals surface area (Å²) in [5, 5.41) is 13.9. The molecule has 7 nitrogen and oxygen atoms in total. The van der Waals surface area contributed by atoms with Gasteiger partial charge in [-0.3, -0.25) is 9.08 Å². The molecule has 1 aliphatic rings. The second-order valence-electron chi connectivity index (χ2n) is 7.73. The van der Waals surface area contributed by atoms with E-state index in [1.807, 2.05) is 13.8 Å². The molecule has 1 saturated heterocycles. The van der Waals surface area contributed by atoms with Crippen LogP contribution in [0.2, 0.25) is 0 Å². The zero-order valence-electron chi connectivity index (χ0n) is 17.2. The van der Waals surface area contributed by atoms with Crippen LogP contribution in [0.1, 0.15) is 40.0 Å². The molecule has 0 aliphatic carbocycles. The summed E-state index contributed by atoms with van der Waals surface area (Å²) in [5.74, 6) is 0.509. The van der Waals surface area contributed by atoms with Crippen LogP contribution in [0.25, 0.3) is 0 Å². The maximum absolute atomic E-state index is 12.2. The zero-order valence-corrected chi connectivity index (χ0v) is 18.0. The molecular weight excluding hydrogens is 380 g/mol. The molecule has 2 N–H and O–H groups in total. The van der Waals surface area contributed by atoms with Gasteiger partial charge in [0, 0.05) is 32.7 Å². The Morgan fingerprint density at radius 3 is 2.43 bits per heavy atom. The first-order valence-electron chi connectivity index (χ1n) is 10.0. The quantitative estimate of drug-likeness (QED) is 0.423. The van der Waals surface area contributed by atoms with Gasteiger partial charge < -0.3 is 15.2 Å². The molecule has 28 heavy (non-hydrogen) atoms. The average Bonchev–Trinajstić information content (AvgIpc) is 2.66. The van der Waals surface area contributed by atoms with Crippen molar-refractivity contribution in [3.63, 3.8) is 0 Å². The number of ether oxygens (including phenoxy) is 1. The first-order valence-corrected chi connectivity index (χ1v) is 11.4. The van der Waals surface area contributed by atoms with Gasteiger partial charge in [0.05, 0.1) is 11.5 Å². The summed E-state index contributed by atoms with van der Waals surface area (Å²) >= 11 is 0. The monoisotopic (exact) mass is 414 g/mol. The van der Waals surface area contributed by atoms with Gasteiger partial charge in [0.1, 0.15) is 17.5 Å². The van der Waals surface area contributed by atoms with E-state index in [9.17, 15) is 13.5 Å². The Labute approximate surface area is 169 Å². The lowest BCUT2D eigenvalue weighted by molar-refractivity contribution is -0.0456. The highest BCUT2D eigenvalue weighted by Gasteiger charge is 2.32. The van der Waals surface area contributed by atoms with E-state index in [2.05, 4.69) is 17.1 Å².